The fourth-order valence-electron chi connectivity index (χ4n) is 1.51. The molecule has 2 aromatic heterocycles. The predicted molar refractivity (Wildman–Crippen MR) is 78.5 cm³/mol. The Morgan fingerprint density at radius 2 is 2.40 bits per heavy atom. The van der Waals surface area contributed by atoms with E-state index < -0.39 is 11.2 Å². The lowest BCUT2D eigenvalue weighted by Crippen LogP contribution is -2.16. The fourth-order valence-corrected chi connectivity index (χ4v) is 2.16. The van der Waals surface area contributed by atoms with Crippen LogP contribution in [-0.4, -0.2) is 37.2 Å². The number of hydrogen-bond donors (Lipinski definition) is 1. The molecule has 0 aliphatic carbocycles. The van der Waals surface area contributed by atoms with Crippen LogP contribution >= 0.6 is 11.6 Å². The van der Waals surface area contributed by atoms with E-state index in [0.717, 1.165) is 5.69 Å². The number of carbonyl (C=O) groups is 1. The van der Waals surface area contributed by atoms with Crippen LogP contribution < -0.4 is 5.32 Å². The second-order valence-electron chi connectivity index (χ2n) is 4.06. The first-order chi connectivity index (χ1) is 9.56. The number of nitrogens with zero attached hydrogens (tertiary/aromatic N) is 3. The molecule has 0 aromatic carbocycles. The molecule has 20 heavy (non-hydrogen) atoms. The molecule has 1 atom stereocenters. The number of amides is 1. The van der Waals surface area contributed by atoms with Gasteiger partial charge >= 0.3 is 0 Å². The number of rotatable bonds is 5. The maximum absolute atomic E-state index is 11.7. The molecule has 0 spiro atoms. The van der Waals surface area contributed by atoms with Crippen LogP contribution in [-0.2, 0) is 16.0 Å². The average molecular weight is 313 g/mol. The molecule has 2 rings (SSSR count). The first kappa shape index (κ1) is 14.8. The Bertz CT molecular complexity index is 588. The van der Waals surface area contributed by atoms with Gasteiger partial charge in [-0.2, -0.15) is 5.10 Å². The van der Waals surface area contributed by atoms with Crippen LogP contribution in [0.5, 0.6) is 0 Å². The SMILES string of the molecule is C[S+]([O-])CCC(=O)Nc1cn(-c2cccnc2)nc1Cl. The molecule has 1 N–H and O–H groups in total. The Labute approximate surface area is 124 Å². The van der Waals surface area contributed by atoms with Gasteiger partial charge in [0.1, 0.15) is 5.75 Å². The van der Waals surface area contributed by atoms with Gasteiger partial charge in [0.25, 0.3) is 0 Å². The van der Waals surface area contributed by atoms with Crippen molar-refractivity contribution >= 4 is 34.4 Å². The van der Waals surface area contributed by atoms with Crippen LogP contribution in [0.15, 0.2) is 30.7 Å². The monoisotopic (exact) mass is 312 g/mol. The number of carbonyl (C=O) groups excluding carboxylic acids is 1. The van der Waals surface area contributed by atoms with Crippen molar-refractivity contribution in [2.24, 2.45) is 0 Å². The molecule has 1 amide bonds. The normalized spacial score (nSPS) is 12.2. The van der Waals surface area contributed by atoms with Crippen molar-refractivity contribution in [3.63, 3.8) is 0 Å². The Hall–Kier alpha value is -1.57. The first-order valence-electron chi connectivity index (χ1n) is 5.81. The van der Waals surface area contributed by atoms with Crippen LogP contribution in [0.1, 0.15) is 6.42 Å². The molecule has 2 heterocycles. The second-order valence-corrected chi connectivity index (χ2v) is 5.98. The van der Waals surface area contributed by atoms with Gasteiger partial charge in [0, 0.05) is 6.20 Å². The number of anilines is 1. The van der Waals surface area contributed by atoms with E-state index in [9.17, 15) is 9.35 Å². The van der Waals surface area contributed by atoms with Gasteiger partial charge in [-0.3, -0.25) is 9.78 Å². The van der Waals surface area contributed by atoms with E-state index in [2.05, 4.69) is 15.4 Å². The number of hydrogen-bond acceptors (Lipinski definition) is 4. The lowest BCUT2D eigenvalue weighted by Gasteiger charge is -2.05. The third-order valence-electron chi connectivity index (χ3n) is 2.47. The molecule has 0 fully saturated rings. The van der Waals surface area contributed by atoms with Crippen LogP contribution in [0.2, 0.25) is 5.15 Å². The summed E-state index contributed by atoms with van der Waals surface area (Å²) in [6.07, 6.45) is 6.63. The summed E-state index contributed by atoms with van der Waals surface area (Å²) in [5.74, 6) is 0.0769. The Balaban J connectivity index is 2.07. The topological polar surface area (TPSA) is 82.9 Å². The first-order valence-corrected chi connectivity index (χ1v) is 7.92. The minimum absolute atomic E-state index is 0.178. The predicted octanol–water partition coefficient (Wildman–Crippen LogP) is 1.63. The van der Waals surface area contributed by atoms with Crippen molar-refractivity contribution in [1.29, 1.82) is 0 Å². The summed E-state index contributed by atoms with van der Waals surface area (Å²) in [7, 11) is 0. The van der Waals surface area contributed by atoms with Crippen molar-refractivity contribution in [3.8, 4) is 5.69 Å². The van der Waals surface area contributed by atoms with Crippen molar-refractivity contribution in [1.82, 2.24) is 14.8 Å². The Kier molecular flexibility index (Phi) is 4.99. The van der Waals surface area contributed by atoms with Gasteiger partial charge in [-0.25, -0.2) is 4.68 Å². The van der Waals surface area contributed by atoms with E-state index in [1.165, 1.54) is 4.68 Å². The largest absolute Gasteiger partial charge is 0.617 e. The van der Waals surface area contributed by atoms with Crippen LogP contribution in [0.3, 0.4) is 0 Å². The zero-order valence-electron chi connectivity index (χ0n) is 10.7. The summed E-state index contributed by atoms with van der Waals surface area (Å²) < 4.78 is 12.5. The molecule has 0 aliphatic heterocycles. The highest BCUT2D eigenvalue weighted by Gasteiger charge is 2.12. The third kappa shape index (κ3) is 3.96. The highest BCUT2D eigenvalue weighted by molar-refractivity contribution is 7.90. The Morgan fingerprint density at radius 3 is 3.05 bits per heavy atom. The van der Waals surface area contributed by atoms with Crippen molar-refractivity contribution < 1.29 is 9.35 Å². The molecule has 0 aliphatic rings. The van der Waals surface area contributed by atoms with Gasteiger partial charge in [0.05, 0.1) is 36.4 Å². The molecule has 2 aromatic rings. The Morgan fingerprint density at radius 1 is 1.60 bits per heavy atom. The highest BCUT2D eigenvalue weighted by Crippen LogP contribution is 2.21. The van der Waals surface area contributed by atoms with Crippen molar-refractivity contribution in [2.75, 3.05) is 17.3 Å². The number of pyridine rings is 1. The molecule has 0 saturated carbocycles. The zero-order chi connectivity index (χ0) is 14.5. The molecule has 106 valence electrons. The summed E-state index contributed by atoms with van der Waals surface area (Å²) in [6, 6.07) is 3.60. The molecular formula is C12H13ClN4O2S. The van der Waals surface area contributed by atoms with Crippen LogP contribution in [0, 0.1) is 0 Å². The molecular weight excluding hydrogens is 300 g/mol. The lowest BCUT2D eigenvalue weighted by atomic mass is 10.4. The van der Waals surface area contributed by atoms with Gasteiger partial charge in [0.2, 0.25) is 5.91 Å². The summed E-state index contributed by atoms with van der Waals surface area (Å²) in [6.45, 7) is 0. The third-order valence-corrected chi connectivity index (χ3v) is 3.53. The molecule has 1 unspecified atom stereocenters. The van der Waals surface area contributed by atoms with E-state index in [1.54, 1.807) is 30.9 Å². The quantitative estimate of drug-likeness (QED) is 0.851. The summed E-state index contributed by atoms with van der Waals surface area (Å²) >= 11 is 4.98. The van der Waals surface area contributed by atoms with E-state index in [1.807, 2.05) is 6.07 Å². The van der Waals surface area contributed by atoms with Gasteiger partial charge in [-0.05, 0) is 12.1 Å². The lowest BCUT2D eigenvalue weighted by molar-refractivity contribution is -0.115. The van der Waals surface area contributed by atoms with E-state index >= 15 is 0 Å². The molecule has 0 radical (unpaired) electrons. The molecule has 0 bridgehead atoms. The number of aromatic nitrogens is 3. The summed E-state index contributed by atoms with van der Waals surface area (Å²) in [4.78, 5) is 15.6. The van der Waals surface area contributed by atoms with Gasteiger partial charge in [-0.15, -0.1) is 0 Å². The van der Waals surface area contributed by atoms with Gasteiger partial charge in [-0.1, -0.05) is 22.8 Å². The van der Waals surface area contributed by atoms with Gasteiger partial charge < -0.3 is 9.87 Å². The molecule has 6 nitrogen and oxygen atoms in total. The average Bonchev–Trinajstić information content (AvgIpc) is 2.79. The molecule has 8 heteroatoms. The minimum atomic E-state index is -0.997. The second kappa shape index (κ2) is 6.74. The van der Waals surface area contributed by atoms with Crippen LogP contribution in [0.25, 0.3) is 5.69 Å². The minimum Gasteiger partial charge on any atom is -0.617 e. The van der Waals surface area contributed by atoms with E-state index in [-0.39, 0.29) is 17.5 Å². The summed E-state index contributed by atoms with van der Waals surface area (Å²) in [5.41, 5.74) is 1.16. The molecule has 0 saturated heterocycles. The standard InChI is InChI=1S/C12H13ClN4O2S/c1-20(19)6-4-11(18)15-10-8-17(16-12(10)13)9-3-2-5-14-7-9/h2-3,5,7-8H,4,6H2,1H3,(H,15,18). The smallest absolute Gasteiger partial charge is 0.229 e. The fraction of sp³-hybridized carbons (Fsp3) is 0.250. The van der Waals surface area contributed by atoms with E-state index in [0.29, 0.717) is 11.4 Å². The maximum atomic E-state index is 11.7. The number of halogens is 1. The van der Waals surface area contributed by atoms with Crippen molar-refractivity contribution in [3.05, 3.63) is 35.9 Å². The maximum Gasteiger partial charge on any atom is 0.229 e. The zero-order valence-corrected chi connectivity index (χ0v) is 12.3. The number of nitrogens with one attached hydrogen (secondary N) is 1. The summed E-state index contributed by atoms with van der Waals surface area (Å²) in [5, 5.41) is 6.94. The van der Waals surface area contributed by atoms with Crippen molar-refractivity contribution in [2.45, 2.75) is 6.42 Å². The van der Waals surface area contributed by atoms with Crippen LogP contribution in [0.4, 0.5) is 5.69 Å². The van der Waals surface area contributed by atoms with Gasteiger partial charge in [0.15, 0.2) is 5.15 Å². The van der Waals surface area contributed by atoms with E-state index in [4.69, 9.17) is 11.6 Å². The highest BCUT2D eigenvalue weighted by atomic mass is 35.5.